The van der Waals surface area contributed by atoms with Crippen LogP contribution in [0.5, 0.6) is 5.75 Å². The normalized spacial score (nSPS) is 10.3. The smallest absolute Gasteiger partial charge is 0.224 e. The van der Waals surface area contributed by atoms with E-state index in [4.69, 9.17) is 9.47 Å². The van der Waals surface area contributed by atoms with E-state index in [0.717, 1.165) is 13.0 Å². The lowest BCUT2D eigenvalue weighted by molar-refractivity contribution is -0.116. The molecule has 1 aromatic rings. The quantitative estimate of drug-likeness (QED) is 0.679. The van der Waals surface area contributed by atoms with Gasteiger partial charge in [-0.05, 0) is 32.1 Å². The molecule has 20 heavy (non-hydrogen) atoms. The van der Waals surface area contributed by atoms with Gasteiger partial charge in [0.15, 0.2) is 11.6 Å². The maximum Gasteiger partial charge on any atom is 0.224 e. The van der Waals surface area contributed by atoms with Crippen LogP contribution < -0.4 is 15.4 Å². The monoisotopic (exact) mass is 284 g/mol. The molecule has 0 atom stereocenters. The number of methoxy groups -OCH3 is 1. The fraction of sp³-hybridized carbons (Fsp3) is 0.500. The van der Waals surface area contributed by atoms with E-state index in [-0.39, 0.29) is 18.3 Å². The van der Waals surface area contributed by atoms with Gasteiger partial charge in [0.05, 0.1) is 6.61 Å². The first-order valence-electron chi connectivity index (χ1n) is 6.53. The molecule has 1 aromatic carbocycles. The highest BCUT2D eigenvalue weighted by molar-refractivity contribution is 5.90. The molecule has 5 nitrogen and oxygen atoms in total. The molecule has 0 aliphatic heterocycles. The van der Waals surface area contributed by atoms with Crippen LogP contribution in [0.3, 0.4) is 0 Å². The highest BCUT2D eigenvalue weighted by Crippen LogP contribution is 2.21. The molecule has 0 unspecified atom stereocenters. The van der Waals surface area contributed by atoms with Crippen LogP contribution >= 0.6 is 0 Å². The van der Waals surface area contributed by atoms with E-state index in [0.29, 0.717) is 18.7 Å². The second-order valence-electron chi connectivity index (χ2n) is 4.24. The molecule has 0 fully saturated rings. The Balaban J connectivity index is 2.47. The highest BCUT2D eigenvalue weighted by Gasteiger charge is 2.07. The predicted octanol–water partition coefficient (Wildman–Crippen LogP) is 1.79. The molecular weight excluding hydrogens is 263 g/mol. The number of ether oxygens (including phenoxy) is 2. The molecule has 112 valence electrons. The van der Waals surface area contributed by atoms with E-state index in [1.807, 2.05) is 7.05 Å². The van der Waals surface area contributed by atoms with Gasteiger partial charge in [0, 0.05) is 25.3 Å². The third kappa shape index (κ3) is 5.99. The van der Waals surface area contributed by atoms with Crippen molar-refractivity contribution >= 4 is 11.6 Å². The van der Waals surface area contributed by atoms with Gasteiger partial charge in [-0.25, -0.2) is 4.39 Å². The highest BCUT2D eigenvalue weighted by atomic mass is 19.1. The van der Waals surface area contributed by atoms with Crippen molar-refractivity contribution in [3.63, 3.8) is 0 Å². The minimum Gasteiger partial charge on any atom is -0.488 e. The lowest BCUT2D eigenvalue weighted by atomic mass is 10.2. The third-order valence-electron chi connectivity index (χ3n) is 2.59. The first-order valence-corrected chi connectivity index (χ1v) is 6.53. The molecule has 0 saturated heterocycles. The van der Waals surface area contributed by atoms with Gasteiger partial charge in [0.1, 0.15) is 6.61 Å². The summed E-state index contributed by atoms with van der Waals surface area (Å²) < 4.78 is 23.7. The van der Waals surface area contributed by atoms with Crippen LogP contribution in [-0.2, 0) is 9.53 Å². The van der Waals surface area contributed by atoms with Gasteiger partial charge in [-0.15, -0.1) is 0 Å². The standard InChI is InChI=1S/C14H21FN2O3/c1-16-7-3-4-14(18)17-11-5-6-13(12(15)10-11)20-9-8-19-2/h5-6,10,16H,3-4,7-9H2,1-2H3,(H,17,18). The summed E-state index contributed by atoms with van der Waals surface area (Å²) in [6, 6.07) is 4.35. The summed E-state index contributed by atoms with van der Waals surface area (Å²) in [5.41, 5.74) is 0.427. The number of hydrogen-bond acceptors (Lipinski definition) is 4. The summed E-state index contributed by atoms with van der Waals surface area (Å²) in [6.45, 7) is 1.45. The zero-order valence-electron chi connectivity index (χ0n) is 11.9. The second kappa shape index (κ2) is 9.28. The van der Waals surface area contributed by atoms with Crippen molar-refractivity contribution in [2.45, 2.75) is 12.8 Å². The number of amides is 1. The molecule has 0 spiro atoms. The van der Waals surface area contributed by atoms with E-state index in [1.165, 1.54) is 12.1 Å². The maximum absolute atomic E-state index is 13.7. The summed E-state index contributed by atoms with van der Waals surface area (Å²) in [5.74, 6) is -0.489. The number of carbonyl (C=O) groups excluding carboxylic acids is 1. The Morgan fingerprint density at radius 2 is 2.15 bits per heavy atom. The van der Waals surface area contributed by atoms with Crippen LogP contribution in [0, 0.1) is 5.82 Å². The summed E-state index contributed by atoms with van der Waals surface area (Å²) >= 11 is 0. The lowest BCUT2D eigenvalue weighted by Gasteiger charge is -2.09. The van der Waals surface area contributed by atoms with E-state index in [1.54, 1.807) is 13.2 Å². The number of rotatable bonds is 9. The van der Waals surface area contributed by atoms with Crippen LogP contribution in [0.4, 0.5) is 10.1 Å². The zero-order valence-corrected chi connectivity index (χ0v) is 11.9. The summed E-state index contributed by atoms with van der Waals surface area (Å²) in [7, 11) is 3.38. The number of nitrogens with one attached hydrogen (secondary N) is 2. The molecule has 0 heterocycles. The minimum atomic E-state index is -0.505. The first-order chi connectivity index (χ1) is 9.67. The van der Waals surface area contributed by atoms with Gasteiger partial charge in [-0.2, -0.15) is 0 Å². The average Bonchev–Trinajstić information content (AvgIpc) is 2.42. The van der Waals surface area contributed by atoms with Crippen molar-refractivity contribution in [1.29, 1.82) is 0 Å². The Morgan fingerprint density at radius 3 is 2.80 bits per heavy atom. The van der Waals surface area contributed by atoms with E-state index in [2.05, 4.69) is 10.6 Å². The topological polar surface area (TPSA) is 59.6 Å². The lowest BCUT2D eigenvalue weighted by Crippen LogP contribution is -2.15. The van der Waals surface area contributed by atoms with Crippen LogP contribution in [-0.4, -0.2) is 39.8 Å². The van der Waals surface area contributed by atoms with Crippen molar-refractivity contribution in [3.05, 3.63) is 24.0 Å². The van der Waals surface area contributed by atoms with Gasteiger partial charge in [0.2, 0.25) is 5.91 Å². The zero-order chi connectivity index (χ0) is 14.8. The molecule has 6 heteroatoms. The van der Waals surface area contributed by atoms with E-state index < -0.39 is 5.82 Å². The largest absolute Gasteiger partial charge is 0.488 e. The number of benzene rings is 1. The Hall–Kier alpha value is -1.66. The van der Waals surface area contributed by atoms with Crippen LogP contribution in [0.25, 0.3) is 0 Å². The van der Waals surface area contributed by atoms with Crippen molar-refractivity contribution in [1.82, 2.24) is 5.32 Å². The maximum atomic E-state index is 13.7. The molecule has 0 aromatic heterocycles. The van der Waals surface area contributed by atoms with Gasteiger partial charge in [-0.3, -0.25) is 4.79 Å². The Morgan fingerprint density at radius 1 is 1.35 bits per heavy atom. The molecule has 2 N–H and O–H groups in total. The fourth-order valence-corrected chi connectivity index (χ4v) is 1.58. The van der Waals surface area contributed by atoms with Crippen LogP contribution in [0.1, 0.15) is 12.8 Å². The summed E-state index contributed by atoms with van der Waals surface area (Å²) in [6.07, 6.45) is 1.14. The minimum absolute atomic E-state index is 0.132. The first kappa shape index (κ1) is 16.4. The van der Waals surface area contributed by atoms with Gasteiger partial charge in [-0.1, -0.05) is 0 Å². The van der Waals surface area contributed by atoms with Crippen LogP contribution in [0.2, 0.25) is 0 Å². The average molecular weight is 284 g/mol. The van der Waals surface area contributed by atoms with Crippen LogP contribution in [0.15, 0.2) is 18.2 Å². The molecule has 1 amide bonds. The van der Waals surface area contributed by atoms with Gasteiger partial charge >= 0.3 is 0 Å². The van der Waals surface area contributed by atoms with Gasteiger partial charge in [0.25, 0.3) is 0 Å². The molecule has 0 aliphatic rings. The van der Waals surface area contributed by atoms with Crippen molar-refractivity contribution in [3.8, 4) is 5.75 Å². The molecule has 0 aliphatic carbocycles. The molecular formula is C14H21FN2O3. The van der Waals surface area contributed by atoms with Gasteiger partial charge < -0.3 is 20.1 Å². The predicted molar refractivity (Wildman–Crippen MR) is 75.6 cm³/mol. The Kier molecular flexibility index (Phi) is 7.60. The van der Waals surface area contributed by atoms with Crippen molar-refractivity contribution in [2.75, 3.05) is 39.2 Å². The number of carbonyl (C=O) groups is 1. The van der Waals surface area contributed by atoms with E-state index >= 15 is 0 Å². The second-order valence-corrected chi connectivity index (χ2v) is 4.24. The number of hydrogen-bond donors (Lipinski definition) is 2. The molecule has 0 radical (unpaired) electrons. The summed E-state index contributed by atoms with van der Waals surface area (Å²) in [4.78, 5) is 11.6. The molecule has 1 rings (SSSR count). The number of anilines is 1. The van der Waals surface area contributed by atoms with E-state index in [9.17, 15) is 9.18 Å². The van der Waals surface area contributed by atoms with Crippen molar-refractivity contribution in [2.24, 2.45) is 0 Å². The third-order valence-corrected chi connectivity index (χ3v) is 2.59. The molecule has 0 bridgehead atoms. The summed E-state index contributed by atoms with van der Waals surface area (Å²) in [5, 5.41) is 5.61. The number of halogens is 1. The Bertz CT molecular complexity index is 427. The molecule has 0 saturated carbocycles. The SMILES string of the molecule is CNCCCC(=O)Nc1ccc(OCCOC)c(F)c1. The van der Waals surface area contributed by atoms with Crippen molar-refractivity contribution < 1.29 is 18.7 Å². The Labute approximate surface area is 118 Å². The fourth-order valence-electron chi connectivity index (χ4n) is 1.58.